The Morgan fingerprint density at radius 2 is 1.43 bits per heavy atom. The van der Waals surface area contributed by atoms with Crippen LogP contribution in [0.3, 0.4) is 0 Å². The smallest absolute Gasteiger partial charge is 1.00 e. The molecule has 1 nitrogen and oxygen atoms in total. The molecule has 1 aliphatic carbocycles. The molecule has 0 amide bonds. The third kappa shape index (κ3) is 9.50. The van der Waals surface area contributed by atoms with E-state index in [2.05, 4.69) is 62.3 Å². The van der Waals surface area contributed by atoms with Crippen molar-refractivity contribution < 1.29 is 34.3 Å². The molecule has 1 radical (unpaired) electrons. The Balaban J connectivity index is -0.000000422. The molecule has 4 heteroatoms. The summed E-state index contributed by atoms with van der Waals surface area (Å²) in [6.07, 6.45) is 10.0. The second-order valence-electron chi connectivity index (χ2n) is 10.0. The fourth-order valence-corrected chi connectivity index (χ4v) is 11.5. The van der Waals surface area contributed by atoms with Gasteiger partial charge in [-0.3, -0.25) is 0 Å². The molecule has 161 valence electrons. The van der Waals surface area contributed by atoms with Gasteiger partial charge in [0, 0.05) is 7.92 Å². The number of hydrogen-bond acceptors (Lipinski definition) is 1. The first kappa shape index (κ1) is 29.9. The maximum Gasteiger partial charge on any atom is 2.00 e. The van der Waals surface area contributed by atoms with E-state index in [1.807, 2.05) is 55.3 Å². The van der Waals surface area contributed by atoms with Gasteiger partial charge in [0.2, 0.25) is 0 Å². The van der Waals surface area contributed by atoms with Gasteiger partial charge >= 0.3 is 21.8 Å². The number of benzene rings is 1. The van der Waals surface area contributed by atoms with Crippen molar-refractivity contribution in [3.8, 4) is 0 Å². The molecule has 1 aromatic carbocycles. The molecule has 2 rings (SSSR count). The molecule has 0 heterocycles. The number of nitrogens with one attached hydrogen (secondary N) is 1. The van der Waals surface area contributed by atoms with E-state index in [-0.39, 0.29) is 34.3 Å². The minimum Gasteiger partial charge on any atom is -1.00 e. The summed E-state index contributed by atoms with van der Waals surface area (Å²) in [6.45, 7) is 21.6. The molecule has 1 aromatic rings. The van der Waals surface area contributed by atoms with Crippen LogP contribution in [0.1, 0.15) is 69.3 Å². The summed E-state index contributed by atoms with van der Waals surface area (Å²) in [7, 11) is -0.391. The summed E-state index contributed by atoms with van der Waals surface area (Å²) in [5.41, 5.74) is 2.09. The van der Waals surface area contributed by atoms with Crippen LogP contribution in [0.15, 0.2) is 42.5 Å². The van der Waals surface area contributed by atoms with Gasteiger partial charge in [-0.05, 0) is 62.3 Å². The monoisotopic (exact) mass is 513 g/mol. The molecule has 1 N–H and O–H groups in total. The van der Waals surface area contributed by atoms with Crippen molar-refractivity contribution in [3.05, 3.63) is 66.3 Å². The minimum absolute atomic E-state index is 0. The van der Waals surface area contributed by atoms with Gasteiger partial charge in [-0.15, -0.1) is 12.2 Å². The summed E-state index contributed by atoms with van der Waals surface area (Å²) < 4.78 is 0. The predicted octanol–water partition coefficient (Wildman–Crippen LogP) is 3.96. The van der Waals surface area contributed by atoms with Crippen LogP contribution in [0.4, 0.5) is 0 Å². The zero-order valence-electron chi connectivity index (χ0n) is 19.9. The van der Waals surface area contributed by atoms with Crippen LogP contribution in [0, 0.1) is 18.3 Å². The van der Waals surface area contributed by atoms with E-state index in [1.165, 1.54) is 0 Å². The van der Waals surface area contributed by atoms with Crippen molar-refractivity contribution in [2.24, 2.45) is 0 Å². The molecule has 0 fully saturated rings. The standard InChI is InChI=1S/C12H10N.C12H27P.ClH.Pd/c13-12-9-5-4-8-11(12)10-6-2-1-3-7-10;1-10(2,3)13(11(4,5)6)12(7,8)9;;/h1-9,13H;1-9H3;1H;/q-2;;;+2/p+1. The molecule has 28 heavy (non-hydrogen) atoms. The van der Waals surface area contributed by atoms with Crippen LogP contribution in [-0.4, -0.2) is 15.5 Å². The van der Waals surface area contributed by atoms with E-state index in [4.69, 9.17) is 5.41 Å². The van der Waals surface area contributed by atoms with Crippen LogP contribution >= 0.6 is 7.92 Å². The van der Waals surface area contributed by atoms with E-state index in [0.717, 1.165) is 11.1 Å². The molecule has 0 atom stereocenters. The Morgan fingerprint density at radius 1 is 0.929 bits per heavy atom. The van der Waals surface area contributed by atoms with Crippen molar-refractivity contribution in [2.45, 2.75) is 77.8 Å². The van der Waals surface area contributed by atoms with Gasteiger partial charge in [-0.2, -0.15) is 42.3 Å². The summed E-state index contributed by atoms with van der Waals surface area (Å²) >= 11 is 0. The normalized spacial score (nSPS) is 14.0. The molecule has 0 saturated heterocycles. The van der Waals surface area contributed by atoms with Gasteiger partial charge in [-0.25, -0.2) is 5.57 Å². The van der Waals surface area contributed by atoms with Crippen molar-refractivity contribution in [3.63, 3.8) is 0 Å². The Morgan fingerprint density at radius 3 is 1.75 bits per heavy atom. The van der Waals surface area contributed by atoms with Gasteiger partial charge in [-0.1, -0.05) is 11.8 Å². The average Bonchev–Trinajstić information content (AvgIpc) is 2.44. The Bertz CT molecular complexity index is 670. The molecule has 0 aromatic heterocycles. The Labute approximate surface area is 196 Å². The predicted molar refractivity (Wildman–Crippen MR) is 122 cm³/mol. The van der Waals surface area contributed by atoms with E-state index >= 15 is 0 Å². The Kier molecular flexibility index (Phi) is 12.6. The minimum atomic E-state index is -0.391. The molecule has 0 spiro atoms. The van der Waals surface area contributed by atoms with Crippen LogP contribution < -0.4 is 17.8 Å². The molecular weight excluding hydrogens is 475 g/mol. The van der Waals surface area contributed by atoms with Gasteiger partial charge in [0.15, 0.2) is 0 Å². The van der Waals surface area contributed by atoms with Gasteiger partial charge < -0.3 is 17.8 Å². The molecule has 0 aliphatic heterocycles. The summed E-state index contributed by atoms with van der Waals surface area (Å²) in [5.74, 6) is 0. The van der Waals surface area contributed by atoms with Crippen molar-refractivity contribution >= 4 is 13.5 Å². The number of halogens is 1. The molecule has 0 bridgehead atoms. The van der Waals surface area contributed by atoms with Crippen LogP contribution in [0.5, 0.6) is 0 Å². The van der Waals surface area contributed by atoms with Gasteiger partial charge in [0.05, 0.1) is 15.5 Å². The number of allylic oxidation sites excluding steroid dienone is 4. The second-order valence-corrected chi connectivity index (χ2v) is 15.3. The van der Waals surface area contributed by atoms with E-state index in [9.17, 15) is 0 Å². The SMILES string of the molecule is CC(C)(C)[PH+](C(C)(C)C)C(C)(C)C.N=c1cccc[c-]1C1=C[CH]C=C[CH-]1.[Cl-].[H+].[Pd+2]. The van der Waals surface area contributed by atoms with Gasteiger partial charge in [0.1, 0.15) is 0 Å². The fraction of sp³-hybridized carbons (Fsp3) is 0.500. The van der Waals surface area contributed by atoms with Crippen molar-refractivity contribution in [1.82, 2.24) is 0 Å². The summed E-state index contributed by atoms with van der Waals surface area (Å²) in [4.78, 5) is 0. The molecule has 0 saturated carbocycles. The van der Waals surface area contributed by atoms with Crippen LogP contribution in [0.2, 0.25) is 0 Å². The average molecular weight is 514 g/mol. The Hall–Kier alpha value is -0.248. The quantitative estimate of drug-likeness (QED) is 0.334. The van der Waals surface area contributed by atoms with Crippen LogP contribution in [-0.2, 0) is 20.4 Å². The first-order chi connectivity index (χ1) is 11.7. The molecule has 1 aliphatic rings. The molecular formula is C24H39ClNPPd+. The first-order valence-electron chi connectivity index (χ1n) is 9.49. The number of rotatable bonds is 1. The van der Waals surface area contributed by atoms with Crippen molar-refractivity contribution in [1.29, 1.82) is 5.41 Å². The summed E-state index contributed by atoms with van der Waals surface area (Å²) in [6, 6.07) is 7.62. The molecule has 0 unspecified atom stereocenters. The zero-order chi connectivity index (χ0) is 20.2. The van der Waals surface area contributed by atoms with Crippen molar-refractivity contribution in [2.75, 3.05) is 0 Å². The topological polar surface area (TPSA) is 23.9 Å². The van der Waals surface area contributed by atoms with E-state index in [1.54, 1.807) is 0 Å². The zero-order valence-corrected chi connectivity index (χ0v) is 22.2. The van der Waals surface area contributed by atoms with Gasteiger partial charge in [0.25, 0.3) is 0 Å². The van der Waals surface area contributed by atoms with E-state index in [0.29, 0.717) is 20.8 Å². The maximum atomic E-state index is 7.71. The fourth-order valence-electron chi connectivity index (χ4n) is 4.73. The third-order valence-corrected chi connectivity index (χ3v) is 8.76. The first-order valence-corrected chi connectivity index (χ1v) is 11.0. The third-order valence-electron chi connectivity index (χ3n) is 4.26. The largest absolute Gasteiger partial charge is 2.00 e. The second kappa shape index (κ2) is 11.8. The van der Waals surface area contributed by atoms with Crippen LogP contribution in [0.25, 0.3) is 5.57 Å². The summed E-state index contributed by atoms with van der Waals surface area (Å²) in [5, 5.41) is 9.75. The van der Waals surface area contributed by atoms with E-state index < -0.39 is 7.92 Å². The maximum absolute atomic E-state index is 7.71. The number of hydrogen-bond donors (Lipinski definition) is 1.